The van der Waals surface area contributed by atoms with Crippen LogP contribution in [-0.2, 0) is 14.8 Å². The Balaban J connectivity index is 1.79. The highest BCUT2D eigenvalue weighted by Crippen LogP contribution is 2.36. The lowest BCUT2D eigenvalue weighted by molar-refractivity contribution is -0.385. The Hall–Kier alpha value is -3.52. The molecular formula is C26H30ClN5O7S. The third-order valence-electron chi connectivity index (χ3n) is 6.45. The number of non-ortho nitro benzene ring substituents is 1. The van der Waals surface area contributed by atoms with Gasteiger partial charge in [-0.2, -0.15) is 9.78 Å². The number of nitrogens with zero attached hydrogens (tertiary/aromatic N) is 3. The fraction of sp³-hybridized carbons (Fsp3) is 0.385. The van der Waals surface area contributed by atoms with Crippen LogP contribution in [0.1, 0.15) is 49.2 Å². The first-order valence-corrected chi connectivity index (χ1v) is 14.6. The largest absolute Gasteiger partial charge is 0.437 e. The molecule has 4 rings (SSSR count). The van der Waals surface area contributed by atoms with Crippen molar-refractivity contribution in [2.45, 2.75) is 57.1 Å². The minimum atomic E-state index is -4.23. The summed E-state index contributed by atoms with van der Waals surface area (Å²) < 4.78 is 42.1. The molecule has 0 unspecified atom stereocenters. The summed E-state index contributed by atoms with van der Waals surface area (Å²) in [6, 6.07) is 9.49. The van der Waals surface area contributed by atoms with Gasteiger partial charge in [0.15, 0.2) is 5.69 Å². The number of sulfonamides is 1. The van der Waals surface area contributed by atoms with E-state index in [-0.39, 0.29) is 23.4 Å². The van der Waals surface area contributed by atoms with Crippen LogP contribution in [0.5, 0.6) is 11.6 Å². The maximum Gasteiger partial charge on any atom is 0.272 e. The number of hydrogen-bond donors (Lipinski definition) is 2. The van der Waals surface area contributed by atoms with Gasteiger partial charge in [0.1, 0.15) is 10.6 Å². The van der Waals surface area contributed by atoms with Crippen LogP contribution in [0.25, 0.3) is 5.69 Å². The Kier molecular flexibility index (Phi) is 9.08. The van der Waals surface area contributed by atoms with E-state index in [9.17, 15) is 23.3 Å². The van der Waals surface area contributed by atoms with Crippen molar-refractivity contribution >= 4 is 33.2 Å². The van der Waals surface area contributed by atoms with Crippen molar-refractivity contribution in [1.82, 2.24) is 19.8 Å². The number of carbonyl (C=O) groups excluding carboxylic acids is 1. The number of carbonyl (C=O) groups is 1. The first-order valence-electron chi connectivity index (χ1n) is 12.7. The molecule has 0 aliphatic carbocycles. The van der Waals surface area contributed by atoms with Crippen LogP contribution in [-0.4, -0.2) is 54.3 Å². The summed E-state index contributed by atoms with van der Waals surface area (Å²) in [7, 11) is -4.23. The number of aromatic nitrogens is 2. The number of amides is 1. The van der Waals surface area contributed by atoms with E-state index in [4.69, 9.17) is 21.1 Å². The molecule has 0 spiro atoms. The molecule has 214 valence electrons. The molecule has 2 atom stereocenters. The van der Waals surface area contributed by atoms with Crippen molar-refractivity contribution in [2.24, 2.45) is 0 Å². The number of ether oxygens (including phenoxy) is 2. The number of nitro benzene ring substituents is 1. The summed E-state index contributed by atoms with van der Waals surface area (Å²) in [5.41, 5.74) is 0.400. The van der Waals surface area contributed by atoms with Crippen LogP contribution in [0.3, 0.4) is 0 Å². The molecule has 1 fully saturated rings. The maximum absolute atomic E-state index is 13.3. The molecule has 2 N–H and O–H groups in total. The van der Waals surface area contributed by atoms with E-state index in [1.807, 2.05) is 0 Å². The van der Waals surface area contributed by atoms with Crippen molar-refractivity contribution in [1.29, 1.82) is 0 Å². The highest BCUT2D eigenvalue weighted by Gasteiger charge is 2.29. The zero-order valence-corrected chi connectivity index (χ0v) is 23.8. The predicted octanol–water partition coefficient (Wildman–Crippen LogP) is 4.52. The average Bonchev–Trinajstić information content (AvgIpc) is 3.55. The molecule has 2 heterocycles. The second kappa shape index (κ2) is 12.3. The molecule has 1 saturated heterocycles. The van der Waals surface area contributed by atoms with Crippen molar-refractivity contribution < 1.29 is 27.6 Å². The molecule has 1 amide bonds. The normalized spacial score (nSPS) is 16.1. The Morgan fingerprint density at radius 3 is 2.75 bits per heavy atom. The lowest BCUT2D eigenvalue weighted by Gasteiger charge is -2.16. The highest BCUT2D eigenvalue weighted by molar-refractivity contribution is 7.89. The minimum absolute atomic E-state index is 0.0402. The van der Waals surface area contributed by atoms with E-state index in [1.54, 1.807) is 45.0 Å². The molecule has 0 radical (unpaired) electrons. The first kappa shape index (κ1) is 29.5. The molecule has 3 aromatic rings. The zero-order valence-electron chi connectivity index (χ0n) is 22.2. The monoisotopic (exact) mass is 591 g/mol. The number of halogens is 1. The molecule has 0 bridgehead atoms. The molecule has 14 heteroatoms. The summed E-state index contributed by atoms with van der Waals surface area (Å²) in [5, 5.41) is 19.2. The fourth-order valence-electron chi connectivity index (χ4n) is 4.11. The molecule has 1 aliphatic rings. The van der Waals surface area contributed by atoms with E-state index in [0.29, 0.717) is 35.8 Å². The van der Waals surface area contributed by atoms with Gasteiger partial charge in [-0.15, -0.1) is 0 Å². The molecular weight excluding hydrogens is 562 g/mol. The SMILES string of the molecule is CC[C@H](C)NS(=O)(=O)c1cc([N+](=O)[O-])ccc1Oc1c(C)c(C(=O)NC[C@H]2CCCO2)nn1-c1cccc(Cl)c1. The van der Waals surface area contributed by atoms with E-state index in [0.717, 1.165) is 25.0 Å². The van der Waals surface area contributed by atoms with E-state index >= 15 is 0 Å². The fourth-order valence-corrected chi connectivity index (χ4v) is 5.77. The Morgan fingerprint density at radius 1 is 1.32 bits per heavy atom. The van der Waals surface area contributed by atoms with Crippen molar-refractivity contribution in [3.63, 3.8) is 0 Å². The summed E-state index contributed by atoms with van der Waals surface area (Å²) in [5.74, 6) is -0.606. The van der Waals surface area contributed by atoms with Gasteiger partial charge in [0.2, 0.25) is 15.9 Å². The second-order valence-corrected chi connectivity index (χ2v) is 11.6. The van der Waals surface area contributed by atoms with Crippen LogP contribution in [0.2, 0.25) is 5.02 Å². The van der Waals surface area contributed by atoms with Crippen LogP contribution >= 0.6 is 11.6 Å². The number of benzene rings is 2. The zero-order chi connectivity index (χ0) is 29.0. The van der Waals surface area contributed by atoms with Crippen molar-refractivity contribution in [2.75, 3.05) is 13.2 Å². The summed E-state index contributed by atoms with van der Waals surface area (Å²) in [6.45, 7) is 6.05. The first-order chi connectivity index (χ1) is 19.0. The molecule has 2 aromatic carbocycles. The second-order valence-electron chi connectivity index (χ2n) is 9.44. The van der Waals surface area contributed by atoms with Gasteiger partial charge in [0.05, 0.1) is 16.7 Å². The van der Waals surface area contributed by atoms with Gasteiger partial charge in [-0.05, 0) is 57.4 Å². The van der Waals surface area contributed by atoms with Gasteiger partial charge in [-0.25, -0.2) is 13.1 Å². The average molecular weight is 592 g/mol. The van der Waals surface area contributed by atoms with Crippen LogP contribution in [0.4, 0.5) is 5.69 Å². The van der Waals surface area contributed by atoms with Gasteiger partial charge in [0.25, 0.3) is 11.6 Å². The molecule has 0 saturated carbocycles. The number of hydrogen-bond acceptors (Lipinski definition) is 8. The molecule has 1 aliphatic heterocycles. The Bertz CT molecular complexity index is 1520. The topological polar surface area (TPSA) is 155 Å². The summed E-state index contributed by atoms with van der Waals surface area (Å²) in [4.78, 5) is 23.5. The Labute approximate surface area is 236 Å². The summed E-state index contributed by atoms with van der Waals surface area (Å²) >= 11 is 6.21. The third kappa shape index (κ3) is 6.61. The number of nitrogens with one attached hydrogen (secondary N) is 2. The molecule has 1 aromatic heterocycles. The Morgan fingerprint density at radius 2 is 2.10 bits per heavy atom. The lowest BCUT2D eigenvalue weighted by Crippen LogP contribution is -2.32. The smallest absolute Gasteiger partial charge is 0.272 e. The lowest BCUT2D eigenvalue weighted by atomic mass is 10.2. The number of nitro groups is 1. The molecule has 40 heavy (non-hydrogen) atoms. The quantitative estimate of drug-likeness (QED) is 0.244. The van der Waals surface area contributed by atoms with E-state index < -0.39 is 37.5 Å². The van der Waals surface area contributed by atoms with Crippen molar-refractivity contribution in [3.05, 3.63) is 68.9 Å². The van der Waals surface area contributed by atoms with Gasteiger partial charge in [0, 0.05) is 41.9 Å². The highest BCUT2D eigenvalue weighted by atomic mass is 35.5. The third-order valence-corrected chi connectivity index (χ3v) is 8.30. The minimum Gasteiger partial charge on any atom is -0.437 e. The van der Waals surface area contributed by atoms with Gasteiger partial charge in [-0.3, -0.25) is 14.9 Å². The van der Waals surface area contributed by atoms with Gasteiger partial charge >= 0.3 is 0 Å². The van der Waals surface area contributed by atoms with E-state index in [1.165, 1.54) is 10.7 Å². The van der Waals surface area contributed by atoms with Gasteiger partial charge in [-0.1, -0.05) is 24.6 Å². The molecule has 12 nitrogen and oxygen atoms in total. The maximum atomic E-state index is 13.3. The van der Waals surface area contributed by atoms with Crippen LogP contribution in [0.15, 0.2) is 47.4 Å². The standard InChI is InChI=1S/C26H30ClN5O7S/c1-4-16(2)30-40(36,37)23-14-20(32(34)35)10-11-22(23)39-26-17(3)24(25(33)28-15-21-9-6-12-38-21)29-31(26)19-8-5-7-18(27)13-19/h5,7-8,10-11,13-14,16,21,30H,4,6,9,12,15H2,1-3H3,(H,28,33)/t16-,21+/m0/s1. The summed E-state index contributed by atoms with van der Waals surface area (Å²) in [6.07, 6.45) is 2.18. The van der Waals surface area contributed by atoms with Crippen molar-refractivity contribution in [3.8, 4) is 17.3 Å². The van der Waals surface area contributed by atoms with E-state index in [2.05, 4.69) is 15.1 Å². The van der Waals surface area contributed by atoms with Crippen LogP contribution < -0.4 is 14.8 Å². The van der Waals surface area contributed by atoms with Gasteiger partial charge < -0.3 is 14.8 Å². The predicted molar refractivity (Wildman–Crippen MR) is 148 cm³/mol. The number of rotatable bonds is 11. The van der Waals surface area contributed by atoms with Crippen LogP contribution in [0, 0.1) is 17.0 Å².